The quantitative estimate of drug-likeness (QED) is 0.488. The molecule has 2 amide bonds. The van der Waals surface area contributed by atoms with Gasteiger partial charge in [-0.2, -0.15) is 0 Å². The number of aliphatic carboxylic acids is 1. The Morgan fingerprint density at radius 2 is 2.00 bits per heavy atom. The summed E-state index contributed by atoms with van der Waals surface area (Å²) in [4.78, 5) is 37.4. The number of piperidine rings is 1. The van der Waals surface area contributed by atoms with Gasteiger partial charge in [0, 0.05) is 6.54 Å². The lowest BCUT2D eigenvalue weighted by molar-refractivity contribution is -0.147. The van der Waals surface area contributed by atoms with E-state index in [2.05, 4.69) is 5.32 Å². The summed E-state index contributed by atoms with van der Waals surface area (Å²) >= 11 is 0. The Morgan fingerprint density at radius 3 is 2.52 bits per heavy atom. The molecule has 1 aliphatic rings. The number of likely N-dealkylation sites (tertiary alicyclic amines) is 1. The monoisotopic (exact) mass is 329 g/mol. The van der Waals surface area contributed by atoms with Gasteiger partial charge in [-0.1, -0.05) is 20.3 Å². The van der Waals surface area contributed by atoms with Gasteiger partial charge >= 0.3 is 5.97 Å². The highest BCUT2D eigenvalue weighted by atomic mass is 16.4. The number of nitrogens with one attached hydrogen (secondary N) is 1. The summed E-state index contributed by atoms with van der Waals surface area (Å²) < 4.78 is 0. The third-order valence-electron chi connectivity index (χ3n) is 4.38. The summed E-state index contributed by atoms with van der Waals surface area (Å²) in [6, 6.07) is -2.79. The highest BCUT2D eigenvalue weighted by Crippen LogP contribution is 2.19. The van der Waals surface area contributed by atoms with Crippen molar-refractivity contribution in [2.24, 2.45) is 11.7 Å². The predicted octanol–water partition coefficient (Wildman–Crippen LogP) is -0.697. The van der Waals surface area contributed by atoms with Crippen molar-refractivity contribution in [2.45, 2.75) is 57.7 Å². The standard InChI is InChI=1S/C15H27N3O5/c1-3-9(2)12(15(22)23)17-13(20)11-6-4-5-7-18(11)14(21)10(16)8-19/h9-12,19H,3-8,16H2,1-2H3,(H,17,20)(H,22,23)/t9-,10-,11-,12-/m0/s1. The molecule has 4 atom stereocenters. The molecule has 0 saturated carbocycles. The zero-order valence-electron chi connectivity index (χ0n) is 13.7. The van der Waals surface area contributed by atoms with Gasteiger partial charge in [0.05, 0.1) is 6.61 Å². The number of hydrogen-bond acceptors (Lipinski definition) is 5. The number of nitrogens with two attached hydrogens (primary N) is 1. The Kier molecular flexibility index (Phi) is 7.44. The van der Waals surface area contributed by atoms with E-state index in [1.54, 1.807) is 6.92 Å². The van der Waals surface area contributed by atoms with Crippen LogP contribution in [0, 0.1) is 5.92 Å². The Hall–Kier alpha value is -1.67. The van der Waals surface area contributed by atoms with Gasteiger partial charge in [0.1, 0.15) is 18.1 Å². The molecule has 8 nitrogen and oxygen atoms in total. The molecule has 0 bridgehead atoms. The predicted molar refractivity (Wildman–Crippen MR) is 83.4 cm³/mol. The molecule has 0 unspecified atom stereocenters. The second-order valence-electron chi connectivity index (χ2n) is 6.04. The smallest absolute Gasteiger partial charge is 0.326 e. The number of aliphatic hydroxyl groups is 1. The van der Waals surface area contributed by atoms with Gasteiger partial charge in [0.15, 0.2) is 0 Å². The molecule has 1 saturated heterocycles. The Balaban J connectivity index is 2.85. The molecular weight excluding hydrogens is 302 g/mol. The van der Waals surface area contributed by atoms with Crippen LogP contribution in [0.15, 0.2) is 0 Å². The van der Waals surface area contributed by atoms with Gasteiger partial charge in [-0.3, -0.25) is 9.59 Å². The van der Waals surface area contributed by atoms with E-state index < -0.39 is 42.5 Å². The minimum absolute atomic E-state index is 0.219. The molecule has 0 aromatic carbocycles. The van der Waals surface area contributed by atoms with Crippen LogP contribution in [0.1, 0.15) is 39.5 Å². The number of carboxylic acids is 1. The number of hydrogen-bond donors (Lipinski definition) is 4. The number of carbonyl (C=O) groups excluding carboxylic acids is 2. The van der Waals surface area contributed by atoms with Crippen molar-refractivity contribution in [1.82, 2.24) is 10.2 Å². The minimum atomic E-state index is -1.09. The fourth-order valence-electron chi connectivity index (χ4n) is 2.69. The highest BCUT2D eigenvalue weighted by molar-refractivity contribution is 5.92. The third kappa shape index (κ3) is 4.90. The molecule has 0 aromatic rings. The molecule has 1 rings (SSSR count). The van der Waals surface area contributed by atoms with Crippen LogP contribution in [0.2, 0.25) is 0 Å². The van der Waals surface area contributed by atoms with Crippen LogP contribution in [0.25, 0.3) is 0 Å². The zero-order valence-corrected chi connectivity index (χ0v) is 13.7. The van der Waals surface area contributed by atoms with Crippen molar-refractivity contribution < 1.29 is 24.6 Å². The van der Waals surface area contributed by atoms with E-state index in [1.165, 1.54) is 4.90 Å². The van der Waals surface area contributed by atoms with Crippen molar-refractivity contribution >= 4 is 17.8 Å². The lowest BCUT2D eigenvalue weighted by Gasteiger charge is -2.36. The fourth-order valence-corrected chi connectivity index (χ4v) is 2.69. The number of carboxylic acid groups (broad SMARTS) is 1. The molecule has 8 heteroatoms. The van der Waals surface area contributed by atoms with Crippen LogP contribution in [0.4, 0.5) is 0 Å². The topological polar surface area (TPSA) is 133 Å². The summed E-state index contributed by atoms with van der Waals surface area (Å²) in [7, 11) is 0. The largest absolute Gasteiger partial charge is 0.480 e. The van der Waals surface area contributed by atoms with E-state index in [0.29, 0.717) is 19.4 Å². The first kappa shape index (κ1) is 19.4. The third-order valence-corrected chi connectivity index (χ3v) is 4.38. The molecule has 0 aromatic heterocycles. The van der Waals surface area contributed by atoms with Gasteiger partial charge in [-0.25, -0.2) is 4.79 Å². The van der Waals surface area contributed by atoms with Gasteiger partial charge in [0.2, 0.25) is 11.8 Å². The first-order chi connectivity index (χ1) is 10.8. The minimum Gasteiger partial charge on any atom is -0.480 e. The molecule has 0 spiro atoms. The summed E-state index contributed by atoms with van der Waals surface area (Å²) in [6.07, 6.45) is 2.60. The average Bonchev–Trinajstić information content (AvgIpc) is 2.56. The second-order valence-corrected chi connectivity index (χ2v) is 6.04. The Bertz CT molecular complexity index is 443. The highest BCUT2D eigenvalue weighted by Gasteiger charge is 2.36. The second kappa shape index (κ2) is 8.83. The summed E-state index contributed by atoms with van der Waals surface area (Å²) in [6.45, 7) is 3.49. The van der Waals surface area contributed by atoms with E-state index in [4.69, 9.17) is 10.8 Å². The van der Waals surface area contributed by atoms with Crippen molar-refractivity contribution in [3.63, 3.8) is 0 Å². The summed E-state index contributed by atoms with van der Waals surface area (Å²) in [5, 5.41) is 20.9. The molecular formula is C15H27N3O5. The maximum atomic E-state index is 12.5. The van der Waals surface area contributed by atoms with E-state index in [0.717, 1.165) is 12.8 Å². The van der Waals surface area contributed by atoms with E-state index in [-0.39, 0.29) is 5.92 Å². The first-order valence-electron chi connectivity index (χ1n) is 8.03. The number of aliphatic hydroxyl groups excluding tert-OH is 1. The zero-order chi connectivity index (χ0) is 17.6. The van der Waals surface area contributed by atoms with E-state index in [9.17, 15) is 19.5 Å². The molecule has 1 heterocycles. The Morgan fingerprint density at radius 1 is 1.35 bits per heavy atom. The average molecular weight is 329 g/mol. The number of rotatable bonds is 7. The van der Waals surface area contributed by atoms with Crippen molar-refractivity contribution in [3.05, 3.63) is 0 Å². The summed E-state index contributed by atoms with van der Waals surface area (Å²) in [5.41, 5.74) is 5.56. The van der Waals surface area contributed by atoms with Crippen LogP contribution >= 0.6 is 0 Å². The summed E-state index contributed by atoms with van der Waals surface area (Å²) in [5.74, 6) is -2.27. The van der Waals surface area contributed by atoms with Crippen molar-refractivity contribution in [1.29, 1.82) is 0 Å². The van der Waals surface area contributed by atoms with Crippen molar-refractivity contribution in [3.8, 4) is 0 Å². The van der Waals surface area contributed by atoms with Gasteiger partial charge in [-0.15, -0.1) is 0 Å². The first-order valence-corrected chi connectivity index (χ1v) is 8.03. The number of amides is 2. The molecule has 23 heavy (non-hydrogen) atoms. The number of carbonyl (C=O) groups is 3. The van der Waals surface area contributed by atoms with Gasteiger partial charge in [0.25, 0.3) is 0 Å². The molecule has 0 aliphatic carbocycles. The van der Waals surface area contributed by atoms with Gasteiger partial charge < -0.3 is 26.2 Å². The van der Waals surface area contributed by atoms with Crippen LogP contribution < -0.4 is 11.1 Å². The molecule has 132 valence electrons. The molecule has 1 aliphatic heterocycles. The lowest BCUT2D eigenvalue weighted by Crippen LogP contribution is -2.59. The van der Waals surface area contributed by atoms with Gasteiger partial charge in [-0.05, 0) is 25.2 Å². The van der Waals surface area contributed by atoms with Crippen LogP contribution in [-0.2, 0) is 14.4 Å². The molecule has 1 fully saturated rings. The molecule has 0 radical (unpaired) electrons. The normalized spacial score (nSPS) is 22.1. The maximum absolute atomic E-state index is 12.5. The van der Waals surface area contributed by atoms with E-state index >= 15 is 0 Å². The van der Waals surface area contributed by atoms with Crippen molar-refractivity contribution in [2.75, 3.05) is 13.2 Å². The maximum Gasteiger partial charge on any atom is 0.326 e. The van der Waals surface area contributed by atoms with Crippen LogP contribution in [0.5, 0.6) is 0 Å². The van der Waals surface area contributed by atoms with Crippen LogP contribution in [0.3, 0.4) is 0 Å². The lowest BCUT2D eigenvalue weighted by atomic mass is 9.96. The van der Waals surface area contributed by atoms with Crippen LogP contribution in [-0.4, -0.2) is 64.2 Å². The molecule has 5 N–H and O–H groups in total. The van der Waals surface area contributed by atoms with E-state index in [1.807, 2.05) is 6.92 Å². The SMILES string of the molecule is CC[C@H](C)[C@H](NC(=O)[C@@H]1CCCCN1C(=O)[C@@H](N)CO)C(=O)O. The fraction of sp³-hybridized carbons (Fsp3) is 0.800. The Labute approximate surface area is 136 Å². The number of nitrogens with zero attached hydrogens (tertiary/aromatic N) is 1.